The van der Waals surface area contributed by atoms with E-state index in [1.807, 2.05) is 24.3 Å². The molecule has 0 atom stereocenters. The maximum Gasteiger partial charge on any atom is 0.224 e. The van der Waals surface area contributed by atoms with Crippen LogP contribution in [-0.2, 0) is 0 Å². The van der Waals surface area contributed by atoms with Gasteiger partial charge in [-0.2, -0.15) is 0 Å². The van der Waals surface area contributed by atoms with Crippen molar-refractivity contribution in [3.05, 3.63) is 57.6 Å². The molecular weight excluding hydrogens is 255 g/mol. The number of rotatable bonds is 2. The Morgan fingerprint density at radius 3 is 2.35 bits per heavy atom. The Hall–Kier alpha value is -1.38. The number of hydrogen-bond acceptors (Lipinski definition) is 2. The van der Waals surface area contributed by atoms with Crippen molar-refractivity contribution in [2.24, 2.45) is 0 Å². The Morgan fingerprint density at radius 1 is 1.00 bits per heavy atom. The van der Waals surface area contributed by atoms with Crippen LogP contribution < -0.4 is 0 Å². The SMILES string of the molecule is Cc1ccc(/C=C/c2cc(Cl)nc(Cl)n2)cc1. The minimum atomic E-state index is 0.154. The Balaban J connectivity index is 2.22. The Labute approximate surface area is 110 Å². The van der Waals surface area contributed by atoms with Crippen molar-refractivity contribution in [1.29, 1.82) is 0 Å². The third-order valence-corrected chi connectivity index (χ3v) is 2.57. The molecule has 0 saturated carbocycles. The zero-order valence-electron chi connectivity index (χ0n) is 9.19. The smallest absolute Gasteiger partial charge is 0.218 e. The van der Waals surface area contributed by atoms with Crippen LogP contribution in [0, 0.1) is 6.92 Å². The highest BCUT2D eigenvalue weighted by Crippen LogP contribution is 2.13. The molecule has 0 N–H and O–H groups in total. The molecule has 0 radical (unpaired) electrons. The van der Waals surface area contributed by atoms with Gasteiger partial charge in [0.1, 0.15) is 5.15 Å². The van der Waals surface area contributed by atoms with E-state index in [0.717, 1.165) is 5.56 Å². The molecule has 0 spiro atoms. The van der Waals surface area contributed by atoms with E-state index in [4.69, 9.17) is 23.2 Å². The number of hydrogen-bond donors (Lipinski definition) is 0. The molecular formula is C13H10Cl2N2. The number of aromatic nitrogens is 2. The van der Waals surface area contributed by atoms with Crippen molar-refractivity contribution in [3.8, 4) is 0 Å². The van der Waals surface area contributed by atoms with Crippen LogP contribution in [0.1, 0.15) is 16.8 Å². The third-order valence-electron chi connectivity index (χ3n) is 2.21. The molecule has 0 fully saturated rings. The topological polar surface area (TPSA) is 25.8 Å². The summed E-state index contributed by atoms with van der Waals surface area (Å²) in [5, 5.41) is 0.495. The Morgan fingerprint density at radius 2 is 1.71 bits per heavy atom. The third kappa shape index (κ3) is 3.55. The highest BCUT2D eigenvalue weighted by molar-refractivity contribution is 6.31. The van der Waals surface area contributed by atoms with Gasteiger partial charge in [0.15, 0.2) is 0 Å². The van der Waals surface area contributed by atoms with Gasteiger partial charge in [0, 0.05) is 6.07 Å². The predicted molar refractivity (Wildman–Crippen MR) is 72.2 cm³/mol. The average Bonchev–Trinajstić information content (AvgIpc) is 2.27. The summed E-state index contributed by atoms with van der Waals surface area (Å²) < 4.78 is 0. The monoisotopic (exact) mass is 264 g/mol. The van der Waals surface area contributed by atoms with E-state index in [1.54, 1.807) is 6.07 Å². The first-order chi connectivity index (χ1) is 8.13. The maximum atomic E-state index is 5.78. The summed E-state index contributed by atoms with van der Waals surface area (Å²) in [4.78, 5) is 7.84. The van der Waals surface area contributed by atoms with Crippen LogP contribution in [0.2, 0.25) is 10.4 Å². The van der Waals surface area contributed by atoms with Crippen LogP contribution >= 0.6 is 23.2 Å². The molecule has 0 aliphatic rings. The van der Waals surface area contributed by atoms with Gasteiger partial charge in [-0.1, -0.05) is 47.5 Å². The quantitative estimate of drug-likeness (QED) is 0.598. The molecule has 0 aliphatic carbocycles. The van der Waals surface area contributed by atoms with Gasteiger partial charge in [-0.25, -0.2) is 9.97 Å². The van der Waals surface area contributed by atoms with E-state index in [1.165, 1.54) is 5.56 Å². The van der Waals surface area contributed by atoms with Crippen molar-refractivity contribution < 1.29 is 0 Å². The lowest BCUT2D eigenvalue weighted by Crippen LogP contribution is -1.86. The van der Waals surface area contributed by atoms with Crippen LogP contribution in [0.15, 0.2) is 30.3 Å². The largest absolute Gasteiger partial charge is 0.224 e. The normalized spacial score (nSPS) is 11.0. The zero-order valence-corrected chi connectivity index (χ0v) is 10.7. The molecule has 0 aliphatic heterocycles. The summed E-state index contributed by atoms with van der Waals surface area (Å²) >= 11 is 11.5. The van der Waals surface area contributed by atoms with Crippen molar-refractivity contribution in [2.75, 3.05) is 0 Å². The molecule has 0 unspecified atom stereocenters. The summed E-state index contributed by atoms with van der Waals surface area (Å²) in [6.45, 7) is 2.05. The average molecular weight is 265 g/mol. The fourth-order valence-electron chi connectivity index (χ4n) is 1.35. The molecule has 1 heterocycles. The highest BCUT2D eigenvalue weighted by Gasteiger charge is 1.97. The summed E-state index contributed by atoms with van der Waals surface area (Å²) in [7, 11) is 0. The molecule has 0 bridgehead atoms. The van der Waals surface area contributed by atoms with Gasteiger partial charge in [0.05, 0.1) is 5.69 Å². The molecule has 1 aromatic carbocycles. The molecule has 0 amide bonds. The van der Waals surface area contributed by atoms with Crippen LogP contribution in [-0.4, -0.2) is 9.97 Å². The minimum Gasteiger partial charge on any atom is -0.218 e. The van der Waals surface area contributed by atoms with E-state index in [-0.39, 0.29) is 5.28 Å². The molecule has 1 aromatic heterocycles. The second-order valence-electron chi connectivity index (χ2n) is 3.63. The van der Waals surface area contributed by atoms with Gasteiger partial charge in [0.25, 0.3) is 0 Å². The lowest BCUT2D eigenvalue weighted by atomic mass is 10.1. The first kappa shape index (κ1) is 12.1. The van der Waals surface area contributed by atoms with Gasteiger partial charge in [-0.3, -0.25) is 0 Å². The molecule has 17 heavy (non-hydrogen) atoms. The van der Waals surface area contributed by atoms with E-state index in [0.29, 0.717) is 10.8 Å². The lowest BCUT2D eigenvalue weighted by molar-refractivity contribution is 1.15. The standard InChI is InChI=1S/C13H10Cl2N2/c1-9-2-4-10(5-3-9)6-7-11-8-12(14)17-13(15)16-11/h2-8H,1H3/b7-6+. The molecule has 2 nitrogen and oxygen atoms in total. The Bertz CT molecular complexity index is 528. The van der Waals surface area contributed by atoms with Crippen LogP contribution in [0.25, 0.3) is 12.2 Å². The number of benzene rings is 1. The first-order valence-corrected chi connectivity index (χ1v) is 5.84. The number of aryl methyl sites for hydroxylation is 1. The van der Waals surface area contributed by atoms with Crippen molar-refractivity contribution in [2.45, 2.75) is 6.92 Å². The number of halogens is 2. The maximum absolute atomic E-state index is 5.78. The van der Waals surface area contributed by atoms with Gasteiger partial charge in [0.2, 0.25) is 5.28 Å². The van der Waals surface area contributed by atoms with Gasteiger partial charge in [-0.05, 0) is 30.2 Å². The van der Waals surface area contributed by atoms with Crippen LogP contribution in [0.4, 0.5) is 0 Å². The van der Waals surface area contributed by atoms with Gasteiger partial charge >= 0.3 is 0 Å². The van der Waals surface area contributed by atoms with Crippen LogP contribution in [0.3, 0.4) is 0 Å². The first-order valence-electron chi connectivity index (χ1n) is 5.08. The van der Waals surface area contributed by atoms with Crippen molar-refractivity contribution in [1.82, 2.24) is 9.97 Å². The molecule has 86 valence electrons. The summed E-state index contributed by atoms with van der Waals surface area (Å²) in [5.41, 5.74) is 3.02. The molecule has 2 aromatic rings. The predicted octanol–water partition coefficient (Wildman–Crippen LogP) is 4.26. The fourth-order valence-corrected chi connectivity index (χ4v) is 1.77. The van der Waals surface area contributed by atoms with Crippen LogP contribution in [0.5, 0.6) is 0 Å². The summed E-state index contributed by atoms with van der Waals surface area (Å²) in [6.07, 6.45) is 3.80. The minimum absolute atomic E-state index is 0.154. The second-order valence-corrected chi connectivity index (χ2v) is 4.35. The Kier molecular flexibility index (Phi) is 3.77. The second kappa shape index (κ2) is 5.30. The van der Waals surface area contributed by atoms with Gasteiger partial charge < -0.3 is 0 Å². The number of nitrogens with zero attached hydrogens (tertiary/aromatic N) is 2. The summed E-state index contributed by atoms with van der Waals surface area (Å²) in [5.74, 6) is 0. The summed E-state index contributed by atoms with van der Waals surface area (Å²) in [6, 6.07) is 9.85. The molecule has 0 saturated heterocycles. The zero-order chi connectivity index (χ0) is 12.3. The van der Waals surface area contributed by atoms with Crippen molar-refractivity contribution >= 4 is 35.4 Å². The van der Waals surface area contributed by atoms with E-state index < -0.39 is 0 Å². The van der Waals surface area contributed by atoms with E-state index in [2.05, 4.69) is 29.0 Å². The van der Waals surface area contributed by atoms with Crippen molar-refractivity contribution in [3.63, 3.8) is 0 Å². The molecule has 4 heteroatoms. The fraction of sp³-hybridized carbons (Fsp3) is 0.0769. The lowest BCUT2D eigenvalue weighted by Gasteiger charge is -1.97. The van der Waals surface area contributed by atoms with E-state index in [9.17, 15) is 0 Å². The van der Waals surface area contributed by atoms with E-state index >= 15 is 0 Å². The van der Waals surface area contributed by atoms with Gasteiger partial charge in [-0.15, -0.1) is 0 Å². The highest BCUT2D eigenvalue weighted by atomic mass is 35.5. The molecule has 2 rings (SSSR count).